The number of methoxy groups -OCH3 is 1. The zero-order valence-electron chi connectivity index (χ0n) is 19.9. The number of carbonyl (C=O) groups is 1. The summed E-state index contributed by atoms with van der Waals surface area (Å²) in [5.41, 5.74) is 0.773. The smallest absolute Gasteiger partial charge is 0.240 e. The van der Waals surface area contributed by atoms with Gasteiger partial charge in [0.1, 0.15) is 18.2 Å². The lowest BCUT2D eigenvalue weighted by molar-refractivity contribution is -0.134. The first-order valence-electron chi connectivity index (χ1n) is 11.7. The molecule has 36 heavy (non-hydrogen) atoms. The van der Waals surface area contributed by atoms with Crippen molar-refractivity contribution >= 4 is 39.9 Å². The molecule has 2 fully saturated rings. The zero-order valence-corrected chi connectivity index (χ0v) is 20.7. The van der Waals surface area contributed by atoms with E-state index in [0.29, 0.717) is 60.7 Å². The van der Waals surface area contributed by atoms with Gasteiger partial charge in [-0.3, -0.25) is 9.69 Å². The fraction of sp³-hybridized carbons (Fsp3) is 0.400. The molecule has 9 nitrogen and oxygen atoms in total. The normalized spacial score (nSPS) is 22.2. The first-order chi connectivity index (χ1) is 17.3. The number of nitrogens with one attached hydrogen (secondary N) is 1. The van der Waals surface area contributed by atoms with Gasteiger partial charge in [-0.1, -0.05) is 17.7 Å². The van der Waals surface area contributed by atoms with Crippen LogP contribution in [-0.4, -0.2) is 82.8 Å². The summed E-state index contributed by atoms with van der Waals surface area (Å²) in [6, 6.07) is 7.86. The molecule has 1 aromatic heterocycles. The Kier molecular flexibility index (Phi) is 6.83. The Balaban J connectivity index is 1.39. The highest BCUT2D eigenvalue weighted by Crippen LogP contribution is 2.37. The fourth-order valence-corrected chi connectivity index (χ4v) is 4.98. The van der Waals surface area contributed by atoms with Gasteiger partial charge in [-0.25, -0.2) is 14.4 Å². The summed E-state index contributed by atoms with van der Waals surface area (Å²) in [6.07, 6.45) is 1.78. The van der Waals surface area contributed by atoms with Crippen molar-refractivity contribution in [3.63, 3.8) is 0 Å². The number of hydrogen-bond acceptors (Lipinski definition) is 8. The largest absolute Gasteiger partial charge is 0.493 e. The van der Waals surface area contributed by atoms with Crippen LogP contribution in [0.1, 0.15) is 12.8 Å². The standard InChI is InChI=1S/C25H27ClFN5O4/c1-31-12-15(8-20(31)25(34)32-7-6-14(33)11-32)36-22-9-16-19(10-21(22)35-2)28-13-29-24(16)30-18-5-3-4-17(26)23(18)27/h3-5,9-10,13-15,20,33H,6-8,11-12H2,1-2H3,(H,28,29,30)/t14-,15+,20-/m0/s1. The quantitative estimate of drug-likeness (QED) is 0.516. The second-order valence-corrected chi connectivity index (χ2v) is 9.53. The molecule has 0 aliphatic carbocycles. The van der Waals surface area contributed by atoms with Gasteiger partial charge in [-0.2, -0.15) is 0 Å². The topological polar surface area (TPSA) is 100 Å². The molecule has 3 aromatic rings. The van der Waals surface area contributed by atoms with E-state index in [2.05, 4.69) is 15.3 Å². The molecule has 5 rings (SSSR count). The van der Waals surface area contributed by atoms with E-state index in [9.17, 15) is 14.3 Å². The van der Waals surface area contributed by atoms with Gasteiger partial charge in [0.05, 0.1) is 35.5 Å². The zero-order chi connectivity index (χ0) is 25.4. The first kappa shape index (κ1) is 24.5. The number of carbonyl (C=O) groups excluding carboxylic acids is 1. The number of fused-ring (bicyclic) bond motifs is 1. The van der Waals surface area contributed by atoms with Crippen molar-refractivity contribution in [2.24, 2.45) is 0 Å². The SMILES string of the molecule is COc1cc2ncnc(Nc3cccc(Cl)c3F)c2cc1O[C@@H]1C[C@@H](C(=O)N2CC[C@H](O)C2)N(C)C1. The first-order valence-corrected chi connectivity index (χ1v) is 12.1. The van der Waals surface area contributed by atoms with Crippen LogP contribution in [-0.2, 0) is 4.79 Å². The highest BCUT2D eigenvalue weighted by molar-refractivity contribution is 6.31. The lowest BCUT2D eigenvalue weighted by atomic mass is 10.1. The summed E-state index contributed by atoms with van der Waals surface area (Å²) in [5.74, 6) is 0.775. The molecular weight excluding hydrogens is 489 g/mol. The number of anilines is 2. The number of likely N-dealkylation sites (N-methyl/N-ethyl adjacent to an activating group) is 1. The molecule has 2 aliphatic heterocycles. The van der Waals surface area contributed by atoms with Crippen molar-refractivity contribution in [2.45, 2.75) is 31.1 Å². The number of aliphatic hydroxyl groups excluding tert-OH is 1. The number of likely N-dealkylation sites (tertiary alicyclic amines) is 2. The Morgan fingerprint density at radius 1 is 1.25 bits per heavy atom. The maximum atomic E-state index is 14.5. The highest BCUT2D eigenvalue weighted by atomic mass is 35.5. The summed E-state index contributed by atoms with van der Waals surface area (Å²) in [5, 5.41) is 13.4. The summed E-state index contributed by atoms with van der Waals surface area (Å²) in [7, 11) is 3.44. The molecule has 2 aromatic carbocycles. The summed E-state index contributed by atoms with van der Waals surface area (Å²) in [6.45, 7) is 1.49. The number of rotatable bonds is 6. The number of benzene rings is 2. The Labute approximate surface area is 212 Å². The number of hydrogen-bond donors (Lipinski definition) is 2. The minimum absolute atomic E-state index is 0.00180. The van der Waals surface area contributed by atoms with Crippen LogP contribution >= 0.6 is 11.6 Å². The van der Waals surface area contributed by atoms with Crippen molar-refractivity contribution in [2.75, 3.05) is 39.1 Å². The third-order valence-electron chi connectivity index (χ3n) is 6.69. The maximum Gasteiger partial charge on any atom is 0.240 e. The molecule has 0 bridgehead atoms. The molecule has 2 saturated heterocycles. The van der Waals surface area contributed by atoms with Gasteiger partial charge in [-0.05, 0) is 31.7 Å². The van der Waals surface area contributed by atoms with Crippen molar-refractivity contribution in [3.8, 4) is 11.5 Å². The minimum atomic E-state index is -0.578. The van der Waals surface area contributed by atoms with Crippen LogP contribution < -0.4 is 14.8 Å². The molecule has 3 atom stereocenters. The molecule has 0 spiro atoms. The van der Waals surface area contributed by atoms with Crippen LogP contribution in [0.4, 0.5) is 15.9 Å². The maximum absolute atomic E-state index is 14.5. The number of aromatic nitrogens is 2. The van der Waals surface area contributed by atoms with Gasteiger partial charge < -0.3 is 24.8 Å². The second-order valence-electron chi connectivity index (χ2n) is 9.13. The average molecular weight is 516 g/mol. The molecule has 1 amide bonds. The summed E-state index contributed by atoms with van der Waals surface area (Å²) in [4.78, 5) is 25.3. The van der Waals surface area contributed by atoms with Crippen molar-refractivity contribution in [1.82, 2.24) is 19.8 Å². The van der Waals surface area contributed by atoms with E-state index in [-0.39, 0.29) is 28.8 Å². The molecule has 0 saturated carbocycles. The lowest BCUT2D eigenvalue weighted by Crippen LogP contribution is -2.43. The average Bonchev–Trinajstić information content (AvgIpc) is 3.46. The molecule has 2 N–H and O–H groups in total. The predicted molar refractivity (Wildman–Crippen MR) is 133 cm³/mol. The van der Waals surface area contributed by atoms with E-state index >= 15 is 0 Å². The Morgan fingerprint density at radius 2 is 2.08 bits per heavy atom. The van der Waals surface area contributed by atoms with E-state index in [4.69, 9.17) is 21.1 Å². The van der Waals surface area contributed by atoms with E-state index in [1.54, 1.807) is 36.3 Å². The number of ether oxygens (including phenoxy) is 2. The Hall–Kier alpha value is -3.21. The number of aliphatic hydroxyl groups is 1. The summed E-state index contributed by atoms with van der Waals surface area (Å²) >= 11 is 5.92. The van der Waals surface area contributed by atoms with Crippen LogP contribution in [0.3, 0.4) is 0 Å². The Morgan fingerprint density at radius 3 is 2.83 bits per heavy atom. The van der Waals surface area contributed by atoms with Gasteiger partial charge in [0, 0.05) is 37.5 Å². The molecule has 190 valence electrons. The molecular formula is C25H27ClFN5O4. The van der Waals surface area contributed by atoms with Crippen LogP contribution in [0.2, 0.25) is 5.02 Å². The molecule has 3 heterocycles. The monoisotopic (exact) mass is 515 g/mol. The second kappa shape index (κ2) is 10.0. The van der Waals surface area contributed by atoms with E-state index in [0.717, 1.165) is 0 Å². The Bertz CT molecular complexity index is 1290. The van der Waals surface area contributed by atoms with Crippen LogP contribution in [0, 0.1) is 5.82 Å². The number of amides is 1. The summed E-state index contributed by atoms with van der Waals surface area (Å²) < 4.78 is 26.4. The molecule has 0 unspecified atom stereocenters. The van der Waals surface area contributed by atoms with E-state index < -0.39 is 11.9 Å². The fourth-order valence-electron chi connectivity index (χ4n) is 4.80. The third kappa shape index (κ3) is 4.76. The van der Waals surface area contributed by atoms with Gasteiger partial charge >= 0.3 is 0 Å². The lowest BCUT2D eigenvalue weighted by Gasteiger charge is -2.24. The van der Waals surface area contributed by atoms with Crippen molar-refractivity contribution < 1.29 is 23.8 Å². The van der Waals surface area contributed by atoms with E-state index in [1.807, 2.05) is 11.9 Å². The number of halogens is 2. The van der Waals surface area contributed by atoms with Gasteiger partial charge in [0.15, 0.2) is 17.3 Å². The van der Waals surface area contributed by atoms with Crippen LogP contribution in [0.15, 0.2) is 36.7 Å². The van der Waals surface area contributed by atoms with Gasteiger partial charge in [-0.15, -0.1) is 0 Å². The van der Waals surface area contributed by atoms with Crippen molar-refractivity contribution in [3.05, 3.63) is 47.5 Å². The molecule has 2 aliphatic rings. The highest BCUT2D eigenvalue weighted by Gasteiger charge is 2.39. The number of nitrogens with zero attached hydrogens (tertiary/aromatic N) is 4. The number of β-amino-alcohol motifs (C(OH)–C–C–N with tert-alkyl or cyclic N) is 1. The van der Waals surface area contributed by atoms with Crippen LogP contribution in [0.5, 0.6) is 11.5 Å². The van der Waals surface area contributed by atoms with Gasteiger partial charge in [0.25, 0.3) is 0 Å². The van der Waals surface area contributed by atoms with Crippen LogP contribution in [0.25, 0.3) is 10.9 Å². The molecule has 11 heteroatoms. The third-order valence-corrected chi connectivity index (χ3v) is 6.98. The minimum Gasteiger partial charge on any atom is -0.493 e. The van der Waals surface area contributed by atoms with Gasteiger partial charge in [0.2, 0.25) is 5.91 Å². The van der Waals surface area contributed by atoms with E-state index in [1.165, 1.54) is 12.4 Å². The molecule has 0 radical (unpaired) electrons. The van der Waals surface area contributed by atoms with Crippen molar-refractivity contribution in [1.29, 1.82) is 0 Å². The predicted octanol–water partition coefficient (Wildman–Crippen LogP) is 3.22.